The highest BCUT2D eigenvalue weighted by Gasteiger charge is 2.19. The maximum atomic E-state index is 12.7. The van der Waals surface area contributed by atoms with Gasteiger partial charge in [0.15, 0.2) is 6.10 Å². The van der Waals surface area contributed by atoms with Gasteiger partial charge in [-0.05, 0) is 48.9 Å². The smallest absolute Gasteiger partial charge is 0.265 e. The van der Waals surface area contributed by atoms with Crippen molar-refractivity contribution in [3.63, 3.8) is 0 Å². The average molecular weight is 482 g/mol. The highest BCUT2D eigenvalue weighted by atomic mass is 32.2. The van der Waals surface area contributed by atoms with Gasteiger partial charge >= 0.3 is 0 Å². The van der Waals surface area contributed by atoms with Crippen LogP contribution in [-0.4, -0.2) is 39.6 Å². The molecule has 0 fully saturated rings. The number of nitrogens with zero attached hydrogens (tertiary/aromatic N) is 1. The van der Waals surface area contributed by atoms with Crippen LogP contribution in [0.4, 0.5) is 11.4 Å². The molecule has 2 amide bonds. The molecule has 2 N–H and O–H groups in total. The maximum Gasteiger partial charge on any atom is 0.265 e. The van der Waals surface area contributed by atoms with E-state index in [0.717, 1.165) is 16.1 Å². The van der Waals surface area contributed by atoms with E-state index in [-0.39, 0.29) is 5.91 Å². The van der Waals surface area contributed by atoms with Gasteiger partial charge in [-0.1, -0.05) is 42.5 Å². The summed E-state index contributed by atoms with van der Waals surface area (Å²) in [6.45, 7) is 1.95. The maximum absolute atomic E-state index is 12.7. The lowest BCUT2D eigenvalue weighted by molar-refractivity contribution is -0.122. The fourth-order valence-electron chi connectivity index (χ4n) is 3.08. The predicted molar refractivity (Wildman–Crippen MR) is 132 cm³/mol. The number of nitrogens with one attached hydrogen (secondary N) is 2. The van der Waals surface area contributed by atoms with Crippen LogP contribution in [-0.2, 0) is 21.4 Å². The van der Waals surface area contributed by atoms with Gasteiger partial charge in [0.25, 0.3) is 11.8 Å². The van der Waals surface area contributed by atoms with E-state index in [4.69, 9.17) is 4.74 Å². The minimum Gasteiger partial charge on any atom is -0.481 e. The molecule has 0 aromatic heterocycles. The number of amides is 2. The van der Waals surface area contributed by atoms with Crippen molar-refractivity contribution in [3.8, 4) is 5.75 Å². The molecule has 0 unspecified atom stereocenters. The lowest BCUT2D eigenvalue weighted by Gasteiger charge is -2.19. The number of benzene rings is 3. The zero-order chi connectivity index (χ0) is 24.7. The minimum absolute atomic E-state index is 0.307. The Morgan fingerprint density at radius 1 is 0.941 bits per heavy atom. The summed E-state index contributed by atoms with van der Waals surface area (Å²) in [5.74, 6) is -0.332. The molecule has 0 aliphatic carbocycles. The first kappa shape index (κ1) is 24.8. The van der Waals surface area contributed by atoms with Crippen molar-refractivity contribution in [3.05, 3.63) is 90.0 Å². The van der Waals surface area contributed by atoms with E-state index in [1.54, 1.807) is 55.5 Å². The second-order valence-corrected chi connectivity index (χ2v) is 9.70. The second-order valence-electron chi connectivity index (χ2n) is 7.69. The van der Waals surface area contributed by atoms with Gasteiger partial charge in [-0.25, -0.2) is 8.42 Å². The third-order valence-electron chi connectivity index (χ3n) is 5.11. The van der Waals surface area contributed by atoms with Crippen molar-refractivity contribution in [2.75, 3.05) is 22.9 Å². The first-order valence-corrected chi connectivity index (χ1v) is 12.4. The monoisotopic (exact) mass is 481 g/mol. The molecule has 178 valence electrons. The summed E-state index contributed by atoms with van der Waals surface area (Å²) in [5, 5.41) is 5.60. The van der Waals surface area contributed by atoms with Crippen LogP contribution in [0.3, 0.4) is 0 Å². The minimum atomic E-state index is -3.38. The zero-order valence-corrected chi connectivity index (χ0v) is 20.0. The van der Waals surface area contributed by atoms with Crippen molar-refractivity contribution >= 4 is 33.2 Å². The molecule has 0 bridgehead atoms. The molecular formula is C25H27N3O5S. The number of para-hydroxylation sites is 1. The fraction of sp³-hybridized carbons (Fsp3) is 0.200. The second kappa shape index (κ2) is 10.8. The number of carbonyl (C=O) groups excluding carboxylic acids is 2. The molecule has 34 heavy (non-hydrogen) atoms. The molecule has 0 saturated heterocycles. The third kappa shape index (κ3) is 6.58. The Bertz CT molecular complexity index is 1250. The molecule has 3 aromatic rings. The van der Waals surface area contributed by atoms with E-state index >= 15 is 0 Å². The van der Waals surface area contributed by atoms with Crippen molar-refractivity contribution < 1.29 is 22.7 Å². The van der Waals surface area contributed by atoms with E-state index in [1.165, 1.54) is 7.05 Å². The summed E-state index contributed by atoms with van der Waals surface area (Å²) in [5.41, 5.74) is 2.15. The largest absolute Gasteiger partial charge is 0.481 e. The van der Waals surface area contributed by atoms with Crippen LogP contribution in [0.2, 0.25) is 0 Å². The van der Waals surface area contributed by atoms with E-state index in [0.29, 0.717) is 29.2 Å². The Labute approximate surface area is 199 Å². The van der Waals surface area contributed by atoms with Crippen LogP contribution < -0.4 is 19.7 Å². The average Bonchev–Trinajstić information content (AvgIpc) is 2.83. The number of ether oxygens (including phenoxy) is 1. The Hall–Kier alpha value is -3.85. The van der Waals surface area contributed by atoms with Gasteiger partial charge in [-0.3, -0.25) is 13.9 Å². The number of hydrogen-bond donors (Lipinski definition) is 2. The highest BCUT2D eigenvalue weighted by Crippen LogP contribution is 2.22. The first-order valence-electron chi connectivity index (χ1n) is 10.6. The Balaban J connectivity index is 1.62. The Morgan fingerprint density at radius 2 is 1.56 bits per heavy atom. The van der Waals surface area contributed by atoms with Gasteiger partial charge in [-0.15, -0.1) is 0 Å². The van der Waals surface area contributed by atoms with E-state index in [1.807, 2.05) is 30.3 Å². The Morgan fingerprint density at radius 3 is 2.21 bits per heavy atom. The van der Waals surface area contributed by atoms with E-state index < -0.39 is 22.0 Å². The lowest BCUT2D eigenvalue weighted by atomic mass is 10.1. The van der Waals surface area contributed by atoms with Crippen LogP contribution in [0, 0.1) is 0 Å². The standard InChI is InChI=1S/C25H27N3O5S/c1-18(33-21-15-13-20(14-16-21)28(2)34(3,31)32)24(29)27-23-12-8-7-11-22(23)25(30)26-17-19-9-5-4-6-10-19/h4-16,18H,17H2,1-3H3,(H,26,30)(H,27,29)/t18-/m0/s1. The molecule has 1 atom stereocenters. The van der Waals surface area contributed by atoms with Crippen LogP contribution in [0.25, 0.3) is 0 Å². The molecular weight excluding hydrogens is 454 g/mol. The van der Waals surface area contributed by atoms with Crippen LogP contribution in [0.15, 0.2) is 78.9 Å². The summed E-state index contributed by atoms with van der Waals surface area (Å²) in [4.78, 5) is 25.4. The first-order chi connectivity index (χ1) is 16.1. The Kier molecular flexibility index (Phi) is 7.91. The normalized spacial score (nSPS) is 11.9. The van der Waals surface area contributed by atoms with Gasteiger partial charge < -0.3 is 15.4 Å². The number of carbonyl (C=O) groups is 2. The molecule has 0 aliphatic rings. The highest BCUT2D eigenvalue weighted by molar-refractivity contribution is 7.92. The van der Waals surface area contributed by atoms with Crippen LogP contribution in [0.1, 0.15) is 22.8 Å². The molecule has 9 heteroatoms. The summed E-state index contributed by atoms with van der Waals surface area (Å²) in [6.07, 6.45) is 0.253. The fourth-order valence-corrected chi connectivity index (χ4v) is 3.59. The summed E-state index contributed by atoms with van der Waals surface area (Å²) in [7, 11) is -1.92. The van der Waals surface area contributed by atoms with Crippen LogP contribution >= 0.6 is 0 Å². The van der Waals surface area contributed by atoms with Crippen molar-refractivity contribution in [1.29, 1.82) is 0 Å². The topological polar surface area (TPSA) is 105 Å². The number of hydrogen-bond acceptors (Lipinski definition) is 5. The molecule has 0 heterocycles. The van der Waals surface area contributed by atoms with E-state index in [2.05, 4.69) is 10.6 Å². The molecule has 0 saturated carbocycles. The third-order valence-corrected chi connectivity index (χ3v) is 6.31. The quantitative estimate of drug-likeness (QED) is 0.487. The van der Waals surface area contributed by atoms with Gasteiger partial charge in [0.05, 0.1) is 23.2 Å². The predicted octanol–water partition coefficient (Wildman–Crippen LogP) is 3.42. The molecule has 0 spiro atoms. The van der Waals surface area contributed by atoms with Gasteiger partial charge in [0.2, 0.25) is 10.0 Å². The van der Waals surface area contributed by atoms with Crippen molar-refractivity contribution in [2.45, 2.75) is 19.6 Å². The number of anilines is 2. The molecule has 3 aromatic carbocycles. The summed E-state index contributed by atoms with van der Waals surface area (Å²) >= 11 is 0. The zero-order valence-electron chi connectivity index (χ0n) is 19.2. The molecule has 0 radical (unpaired) electrons. The molecule has 0 aliphatic heterocycles. The van der Waals surface area contributed by atoms with Crippen molar-refractivity contribution in [2.24, 2.45) is 0 Å². The van der Waals surface area contributed by atoms with Gasteiger partial charge in [-0.2, -0.15) is 0 Å². The van der Waals surface area contributed by atoms with Crippen molar-refractivity contribution in [1.82, 2.24) is 5.32 Å². The summed E-state index contributed by atoms with van der Waals surface area (Å²) < 4.78 is 30.2. The lowest BCUT2D eigenvalue weighted by Crippen LogP contribution is -2.31. The van der Waals surface area contributed by atoms with E-state index in [9.17, 15) is 18.0 Å². The molecule has 8 nitrogen and oxygen atoms in total. The number of rotatable bonds is 9. The summed E-state index contributed by atoms with van der Waals surface area (Å²) in [6, 6.07) is 22.6. The SMILES string of the molecule is C[C@H](Oc1ccc(N(C)S(C)(=O)=O)cc1)C(=O)Nc1ccccc1C(=O)NCc1ccccc1. The van der Waals surface area contributed by atoms with Crippen LogP contribution in [0.5, 0.6) is 5.75 Å². The molecule has 3 rings (SSSR count). The van der Waals surface area contributed by atoms with Gasteiger partial charge in [0, 0.05) is 13.6 Å². The number of sulfonamides is 1. The van der Waals surface area contributed by atoms with Gasteiger partial charge in [0.1, 0.15) is 5.75 Å².